The van der Waals surface area contributed by atoms with Gasteiger partial charge in [-0.2, -0.15) is 0 Å². The van der Waals surface area contributed by atoms with Gasteiger partial charge in [-0.05, 0) is 48.6 Å². The number of nitrogens with two attached hydrogens (primary N) is 1. The fourth-order valence-electron chi connectivity index (χ4n) is 3.51. The topological polar surface area (TPSA) is 30.9 Å². The summed E-state index contributed by atoms with van der Waals surface area (Å²) in [4.78, 5) is 0. The molecule has 2 aromatic carbocycles. The molecule has 3 rings (SSSR count). The fraction of sp³-hybridized carbons (Fsp3) is 0.364. The first kappa shape index (κ1) is 16.8. The third-order valence-electron chi connectivity index (χ3n) is 5.01. The maximum absolute atomic E-state index is 6.16. The Morgan fingerprint density at radius 1 is 1.00 bits per heavy atom. The normalized spacial score (nSPS) is 12.9. The summed E-state index contributed by atoms with van der Waals surface area (Å²) >= 11 is 0. The lowest BCUT2D eigenvalue weighted by atomic mass is 9.91. The van der Waals surface area contributed by atoms with Gasteiger partial charge in [0.25, 0.3) is 0 Å². The molecule has 0 spiro atoms. The van der Waals surface area contributed by atoms with Crippen molar-refractivity contribution in [2.75, 3.05) is 6.54 Å². The molecular formula is C22H28N2. The number of nitrogens with zero attached hydrogens (tertiary/aromatic N) is 1. The molecule has 126 valence electrons. The zero-order chi connectivity index (χ0) is 17.1. The molecular weight excluding hydrogens is 292 g/mol. The zero-order valence-corrected chi connectivity index (χ0v) is 15.0. The highest BCUT2D eigenvalue weighted by atomic mass is 14.9. The molecule has 0 aliphatic heterocycles. The van der Waals surface area contributed by atoms with E-state index in [0.717, 1.165) is 13.0 Å². The van der Waals surface area contributed by atoms with Crippen molar-refractivity contribution in [3.8, 4) is 0 Å². The van der Waals surface area contributed by atoms with Crippen LogP contribution in [0.5, 0.6) is 0 Å². The number of hydrogen-bond acceptors (Lipinski definition) is 1. The first-order chi connectivity index (χ1) is 11.6. The molecule has 24 heavy (non-hydrogen) atoms. The van der Waals surface area contributed by atoms with Gasteiger partial charge in [0.1, 0.15) is 0 Å². The van der Waals surface area contributed by atoms with E-state index < -0.39 is 0 Å². The molecule has 2 heteroatoms. The summed E-state index contributed by atoms with van der Waals surface area (Å²) in [5, 5.41) is 1.34. The second-order valence-corrected chi connectivity index (χ2v) is 6.92. The number of rotatable bonds is 6. The minimum atomic E-state index is 0.354. The van der Waals surface area contributed by atoms with Crippen molar-refractivity contribution in [2.24, 2.45) is 5.73 Å². The van der Waals surface area contributed by atoms with E-state index in [4.69, 9.17) is 5.73 Å². The Morgan fingerprint density at radius 2 is 1.71 bits per heavy atom. The van der Waals surface area contributed by atoms with Crippen LogP contribution in [0.1, 0.15) is 49.3 Å². The van der Waals surface area contributed by atoms with E-state index >= 15 is 0 Å². The molecule has 0 aliphatic carbocycles. The van der Waals surface area contributed by atoms with Crippen molar-refractivity contribution in [3.05, 3.63) is 71.4 Å². The third-order valence-corrected chi connectivity index (χ3v) is 5.01. The minimum Gasteiger partial charge on any atom is -0.347 e. The number of benzene rings is 2. The SMILES string of the molecule is CCn1cc(C(CN)Cc2ccc(C(C)C)cc2)c2ccccc21. The van der Waals surface area contributed by atoms with Crippen LogP contribution in [0.15, 0.2) is 54.7 Å². The van der Waals surface area contributed by atoms with E-state index in [9.17, 15) is 0 Å². The first-order valence-corrected chi connectivity index (χ1v) is 9.00. The predicted octanol–water partition coefficient (Wildman–Crippen LogP) is 5.07. The van der Waals surface area contributed by atoms with Gasteiger partial charge in [-0.25, -0.2) is 0 Å². The highest BCUT2D eigenvalue weighted by Gasteiger charge is 2.17. The average Bonchev–Trinajstić information content (AvgIpc) is 2.99. The maximum Gasteiger partial charge on any atom is 0.0483 e. The Hall–Kier alpha value is -2.06. The number of fused-ring (bicyclic) bond motifs is 1. The summed E-state index contributed by atoms with van der Waals surface area (Å²) in [6, 6.07) is 17.7. The lowest BCUT2D eigenvalue weighted by Gasteiger charge is -2.15. The van der Waals surface area contributed by atoms with Gasteiger partial charge in [0.15, 0.2) is 0 Å². The molecule has 1 heterocycles. The molecule has 2 N–H and O–H groups in total. The smallest absolute Gasteiger partial charge is 0.0483 e. The molecule has 0 saturated heterocycles. The summed E-state index contributed by atoms with van der Waals surface area (Å²) in [6.45, 7) is 8.32. The van der Waals surface area contributed by atoms with Gasteiger partial charge in [0, 0.05) is 29.6 Å². The molecule has 0 saturated carbocycles. The molecule has 1 aromatic heterocycles. The second-order valence-electron chi connectivity index (χ2n) is 6.92. The number of para-hydroxylation sites is 1. The molecule has 0 radical (unpaired) electrons. The number of aromatic nitrogens is 1. The summed E-state index contributed by atoms with van der Waals surface area (Å²) < 4.78 is 2.33. The van der Waals surface area contributed by atoms with Crippen molar-refractivity contribution in [1.29, 1.82) is 0 Å². The van der Waals surface area contributed by atoms with E-state index in [1.165, 1.54) is 27.6 Å². The lowest BCUT2D eigenvalue weighted by molar-refractivity contribution is 0.690. The Bertz CT molecular complexity index is 796. The average molecular weight is 320 g/mol. The van der Waals surface area contributed by atoms with Crippen LogP contribution in [-0.2, 0) is 13.0 Å². The van der Waals surface area contributed by atoms with Crippen molar-refractivity contribution in [2.45, 2.75) is 45.6 Å². The number of aryl methyl sites for hydroxylation is 1. The molecule has 0 amide bonds. The van der Waals surface area contributed by atoms with Gasteiger partial charge in [0.2, 0.25) is 0 Å². The van der Waals surface area contributed by atoms with Gasteiger partial charge >= 0.3 is 0 Å². The predicted molar refractivity (Wildman–Crippen MR) is 104 cm³/mol. The van der Waals surface area contributed by atoms with Crippen LogP contribution < -0.4 is 5.73 Å². The van der Waals surface area contributed by atoms with Crippen LogP contribution in [0.2, 0.25) is 0 Å². The van der Waals surface area contributed by atoms with Gasteiger partial charge in [0.05, 0.1) is 0 Å². The van der Waals surface area contributed by atoms with E-state index in [1.54, 1.807) is 0 Å². The molecule has 1 atom stereocenters. The first-order valence-electron chi connectivity index (χ1n) is 9.00. The Labute approximate surface area is 145 Å². The fourth-order valence-corrected chi connectivity index (χ4v) is 3.51. The standard InChI is InChI=1S/C22H28N2/c1-4-24-15-21(20-7-5-6-8-22(20)24)19(14-23)13-17-9-11-18(12-10-17)16(2)3/h5-12,15-16,19H,4,13-14,23H2,1-3H3. The van der Waals surface area contributed by atoms with Crippen molar-refractivity contribution >= 4 is 10.9 Å². The monoisotopic (exact) mass is 320 g/mol. The second kappa shape index (κ2) is 7.23. The van der Waals surface area contributed by atoms with E-state index in [-0.39, 0.29) is 0 Å². The molecule has 2 nitrogen and oxygen atoms in total. The van der Waals surface area contributed by atoms with Crippen LogP contribution in [0.25, 0.3) is 10.9 Å². The van der Waals surface area contributed by atoms with Crippen LogP contribution in [0.4, 0.5) is 0 Å². The van der Waals surface area contributed by atoms with Gasteiger partial charge in [-0.15, -0.1) is 0 Å². The summed E-state index contributed by atoms with van der Waals surface area (Å²) in [7, 11) is 0. The Kier molecular flexibility index (Phi) is 5.06. The highest BCUT2D eigenvalue weighted by molar-refractivity contribution is 5.84. The van der Waals surface area contributed by atoms with Crippen molar-refractivity contribution in [1.82, 2.24) is 4.57 Å². The lowest BCUT2D eigenvalue weighted by Crippen LogP contribution is -2.15. The van der Waals surface area contributed by atoms with E-state index in [1.807, 2.05) is 0 Å². The summed E-state index contributed by atoms with van der Waals surface area (Å²) in [5.41, 5.74) is 11.6. The highest BCUT2D eigenvalue weighted by Crippen LogP contribution is 2.30. The number of hydrogen-bond donors (Lipinski definition) is 1. The third kappa shape index (κ3) is 3.25. The van der Waals surface area contributed by atoms with Crippen molar-refractivity contribution in [3.63, 3.8) is 0 Å². The molecule has 0 aliphatic rings. The summed E-state index contributed by atoms with van der Waals surface area (Å²) in [5.74, 6) is 0.930. The largest absolute Gasteiger partial charge is 0.347 e. The van der Waals surface area contributed by atoms with Gasteiger partial charge in [-0.1, -0.05) is 56.3 Å². The molecule has 1 unspecified atom stereocenters. The Morgan fingerprint density at radius 3 is 2.33 bits per heavy atom. The van der Waals surface area contributed by atoms with Gasteiger partial charge in [-0.3, -0.25) is 0 Å². The van der Waals surface area contributed by atoms with Crippen LogP contribution >= 0.6 is 0 Å². The van der Waals surface area contributed by atoms with E-state index in [0.29, 0.717) is 18.4 Å². The van der Waals surface area contributed by atoms with Gasteiger partial charge < -0.3 is 10.3 Å². The quantitative estimate of drug-likeness (QED) is 0.675. The van der Waals surface area contributed by atoms with Crippen LogP contribution in [0.3, 0.4) is 0 Å². The maximum atomic E-state index is 6.16. The van der Waals surface area contributed by atoms with Crippen LogP contribution in [-0.4, -0.2) is 11.1 Å². The Balaban J connectivity index is 1.92. The zero-order valence-electron chi connectivity index (χ0n) is 15.0. The van der Waals surface area contributed by atoms with Crippen LogP contribution in [0, 0.1) is 0 Å². The summed E-state index contributed by atoms with van der Waals surface area (Å²) in [6.07, 6.45) is 3.29. The van der Waals surface area contributed by atoms with E-state index in [2.05, 4.69) is 80.1 Å². The molecule has 0 fully saturated rings. The van der Waals surface area contributed by atoms with Crippen molar-refractivity contribution < 1.29 is 0 Å². The molecule has 3 aromatic rings. The minimum absolute atomic E-state index is 0.354. The molecule has 0 bridgehead atoms.